The van der Waals surface area contributed by atoms with Crippen molar-refractivity contribution in [1.29, 1.82) is 0 Å². The predicted molar refractivity (Wildman–Crippen MR) is 56.8 cm³/mol. The molecule has 0 aromatic rings. The highest BCUT2D eigenvalue weighted by molar-refractivity contribution is 7.99. The largest absolute Gasteiger partial charge is 0.479 e. The minimum atomic E-state index is -1.76. The van der Waals surface area contributed by atoms with Crippen molar-refractivity contribution in [2.75, 3.05) is 25.1 Å². The number of carboxylic acid groups (broad SMARTS) is 1. The fourth-order valence-corrected chi connectivity index (χ4v) is 2.07. The Morgan fingerprint density at radius 1 is 1.53 bits per heavy atom. The van der Waals surface area contributed by atoms with Crippen molar-refractivity contribution in [2.24, 2.45) is 0 Å². The summed E-state index contributed by atoms with van der Waals surface area (Å²) in [5.41, 5.74) is -1.76. The molecule has 1 fully saturated rings. The number of thioether (sulfide) groups is 1. The maximum atomic E-state index is 11.5. The summed E-state index contributed by atoms with van der Waals surface area (Å²) in [5.74, 6) is -1.03. The van der Waals surface area contributed by atoms with Crippen LogP contribution in [0.4, 0.5) is 0 Å². The van der Waals surface area contributed by atoms with Crippen molar-refractivity contribution in [3.05, 3.63) is 0 Å². The van der Waals surface area contributed by atoms with Gasteiger partial charge in [-0.1, -0.05) is 0 Å². The van der Waals surface area contributed by atoms with E-state index >= 15 is 0 Å². The molecule has 1 amide bonds. The van der Waals surface area contributed by atoms with Crippen LogP contribution in [-0.4, -0.2) is 57.7 Å². The number of rotatable bonds is 3. The number of nitrogens with zero attached hydrogens (tertiary/aromatic N) is 1. The van der Waals surface area contributed by atoms with Gasteiger partial charge in [-0.15, -0.1) is 0 Å². The van der Waals surface area contributed by atoms with E-state index in [1.807, 2.05) is 6.26 Å². The molecule has 15 heavy (non-hydrogen) atoms. The molecule has 0 bridgehead atoms. The van der Waals surface area contributed by atoms with Crippen molar-refractivity contribution in [3.63, 3.8) is 0 Å². The molecule has 1 unspecified atom stereocenters. The number of likely N-dealkylation sites (tertiary alicyclic amines) is 1. The highest BCUT2D eigenvalue weighted by Gasteiger charge is 2.41. The zero-order valence-electron chi connectivity index (χ0n) is 8.60. The van der Waals surface area contributed by atoms with Crippen LogP contribution in [0.2, 0.25) is 0 Å². The number of aliphatic carboxylic acids is 1. The number of aliphatic hydroxyl groups is 1. The van der Waals surface area contributed by atoms with Gasteiger partial charge in [0.05, 0.1) is 12.3 Å². The van der Waals surface area contributed by atoms with E-state index in [0.29, 0.717) is 18.7 Å². The third kappa shape index (κ3) is 2.85. The Bertz CT molecular complexity index is 271. The van der Waals surface area contributed by atoms with Crippen LogP contribution in [0.3, 0.4) is 0 Å². The van der Waals surface area contributed by atoms with Gasteiger partial charge in [0.1, 0.15) is 0 Å². The number of carbonyl (C=O) groups excluding carboxylic acids is 1. The lowest BCUT2D eigenvalue weighted by Crippen LogP contribution is -2.55. The van der Waals surface area contributed by atoms with E-state index in [2.05, 4.69) is 0 Å². The molecular formula is C9H15NO4S. The van der Waals surface area contributed by atoms with E-state index in [4.69, 9.17) is 5.11 Å². The quantitative estimate of drug-likeness (QED) is 0.705. The first-order valence-electron chi connectivity index (χ1n) is 4.72. The summed E-state index contributed by atoms with van der Waals surface area (Å²) in [7, 11) is 0. The Morgan fingerprint density at radius 2 is 2.20 bits per heavy atom. The lowest BCUT2D eigenvalue weighted by atomic mass is 9.93. The summed E-state index contributed by atoms with van der Waals surface area (Å²) < 4.78 is 0. The van der Waals surface area contributed by atoms with Crippen molar-refractivity contribution in [2.45, 2.75) is 18.4 Å². The number of hydrogen-bond acceptors (Lipinski definition) is 4. The third-order valence-electron chi connectivity index (χ3n) is 2.49. The van der Waals surface area contributed by atoms with Crippen LogP contribution in [0.1, 0.15) is 12.8 Å². The van der Waals surface area contributed by atoms with Crippen molar-refractivity contribution < 1.29 is 19.8 Å². The normalized spacial score (nSPS) is 26.4. The van der Waals surface area contributed by atoms with Gasteiger partial charge < -0.3 is 15.1 Å². The van der Waals surface area contributed by atoms with E-state index in [9.17, 15) is 14.7 Å². The molecule has 2 N–H and O–H groups in total. The molecule has 1 saturated heterocycles. The number of hydrogen-bond donors (Lipinski definition) is 2. The van der Waals surface area contributed by atoms with Crippen LogP contribution >= 0.6 is 11.8 Å². The van der Waals surface area contributed by atoms with Crippen LogP contribution in [0.25, 0.3) is 0 Å². The van der Waals surface area contributed by atoms with Crippen LogP contribution in [-0.2, 0) is 9.59 Å². The van der Waals surface area contributed by atoms with E-state index < -0.39 is 11.6 Å². The van der Waals surface area contributed by atoms with Crippen LogP contribution in [0.15, 0.2) is 0 Å². The van der Waals surface area contributed by atoms with Crippen molar-refractivity contribution in [3.8, 4) is 0 Å². The molecule has 0 saturated carbocycles. The zero-order chi connectivity index (χ0) is 11.5. The van der Waals surface area contributed by atoms with E-state index in [1.165, 1.54) is 16.7 Å². The highest BCUT2D eigenvalue weighted by atomic mass is 32.2. The lowest BCUT2D eigenvalue weighted by Gasteiger charge is -2.36. The van der Waals surface area contributed by atoms with Gasteiger partial charge in [0.25, 0.3) is 0 Å². The summed E-state index contributed by atoms with van der Waals surface area (Å²) >= 11 is 1.39. The van der Waals surface area contributed by atoms with E-state index in [-0.39, 0.29) is 18.9 Å². The van der Waals surface area contributed by atoms with Gasteiger partial charge >= 0.3 is 5.97 Å². The summed E-state index contributed by atoms with van der Waals surface area (Å²) in [6, 6.07) is 0. The predicted octanol–water partition coefficient (Wildman–Crippen LogP) is -0.213. The standard InChI is InChI=1S/C9H15NO4S/c1-15-5-7(11)10-4-2-3-9(14,6-10)8(12)13/h14H,2-6H2,1H3,(H,12,13). The zero-order valence-corrected chi connectivity index (χ0v) is 9.42. The second kappa shape index (κ2) is 4.85. The topological polar surface area (TPSA) is 77.8 Å². The van der Waals surface area contributed by atoms with Crippen LogP contribution in [0, 0.1) is 0 Å². The molecule has 0 aromatic carbocycles. The minimum absolute atomic E-state index is 0.0955. The van der Waals surface area contributed by atoms with Gasteiger partial charge in [-0.3, -0.25) is 4.79 Å². The number of amides is 1. The van der Waals surface area contributed by atoms with Gasteiger partial charge in [0, 0.05) is 6.54 Å². The molecule has 0 spiro atoms. The van der Waals surface area contributed by atoms with Gasteiger partial charge in [-0.25, -0.2) is 4.79 Å². The Morgan fingerprint density at radius 3 is 2.73 bits per heavy atom. The molecule has 6 heteroatoms. The Hall–Kier alpha value is -0.750. The minimum Gasteiger partial charge on any atom is -0.479 e. The van der Waals surface area contributed by atoms with Crippen molar-refractivity contribution in [1.82, 2.24) is 4.90 Å². The van der Waals surface area contributed by atoms with Crippen LogP contribution in [0.5, 0.6) is 0 Å². The number of carboxylic acids is 1. The Balaban J connectivity index is 2.63. The molecule has 0 radical (unpaired) electrons. The smallest absolute Gasteiger partial charge is 0.337 e. The monoisotopic (exact) mass is 233 g/mol. The molecule has 0 aromatic heterocycles. The number of β-amino-alcohol motifs (C(OH)–C–C–N with tert-alkyl or cyclic N) is 1. The van der Waals surface area contributed by atoms with Gasteiger partial charge in [0.15, 0.2) is 5.60 Å². The fraction of sp³-hybridized carbons (Fsp3) is 0.778. The second-order valence-electron chi connectivity index (χ2n) is 3.69. The Labute approximate surface area is 92.4 Å². The third-order valence-corrected chi connectivity index (χ3v) is 3.03. The molecule has 1 aliphatic heterocycles. The molecule has 86 valence electrons. The maximum absolute atomic E-state index is 11.5. The van der Waals surface area contributed by atoms with Gasteiger partial charge in [-0.05, 0) is 19.1 Å². The highest BCUT2D eigenvalue weighted by Crippen LogP contribution is 2.21. The summed E-state index contributed by atoms with van der Waals surface area (Å²) in [6.45, 7) is 0.441. The molecule has 1 heterocycles. The average Bonchev–Trinajstić information content (AvgIpc) is 2.18. The number of piperidine rings is 1. The Kier molecular flexibility index (Phi) is 3.98. The first-order valence-corrected chi connectivity index (χ1v) is 6.11. The van der Waals surface area contributed by atoms with Crippen LogP contribution < -0.4 is 0 Å². The molecule has 1 atom stereocenters. The van der Waals surface area contributed by atoms with Crippen molar-refractivity contribution >= 4 is 23.6 Å². The summed E-state index contributed by atoms with van der Waals surface area (Å²) in [6.07, 6.45) is 2.56. The molecule has 1 rings (SSSR count). The number of carbonyl (C=O) groups is 2. The summed E-state index contributed by atoms with van der Waals surface area (Å²) in [5, 5.41) is 18.6. The fourth-order valence-electron chi connectivity index (χ4n) is 1.64. The van der Waals surface area contributed by atoms with Gasteiger partial charge in [-0.2, -0.15) is 11.8 Å². The molecular weight excluding hydrogens is 218 g/mol. The first kappa shape index (κ1) is 12.3. The maximum Gasteiger partial charge on any atom is 0.337 e. The lowest BCUT2D eigenvalue weighted by molar-refractivity contribution is -0.166. The second-order valence-corrected chi connectivity index (χ2v) is 4.55. The van der Waals surface area contributed by atoms with Gasteiger partial charge in [0.2, 0.25) is 5.91 Å². The molecule has 5 nitrogen and oxygen atoms in total. The SMILES string of the molecule is CSCC(=O)N1CCCC(O)(C(=O)O)C1. The van der Waals surface area contributed by atoms with E-state index in [1.54, 1.807) is 0 Å². The summed E-state index contributed by atoms with van der Waals surface area (Å²) in [4.78, 5) is 23.7. The molecule has 0 aliphatic carbocycles. The first-order chi connectivity index (χ1) is 6.99. The molecule has 1 aliphatic rings. The average molecular weight is 233 g/mol. The van der Waals surface area contributed by atoms with E-state index in [0.717, 1.165) is 0 Å².